The first-order valence-electron chi connectivity index (χ1n) is 11.9. The van der Waals surface area contributed by atoms with Crippen LogP contribution in [0.4, 0.5) is 0 Å². The summed E-state index contributed by atoms with van der Waals surface area (Å²) in [7, 11) is 0. The smallest absolute Gasteiger partial charge is 0.295 e. The molecule has 1 amide bonds. The van der Waals surface area contributed by atoms with E-state index >= 15 is 0 Å². The highest BCUT2D eigenvalue weighted by Crippen LogP contribution is 2.42. The number of aliphatic hydroxyl groups excluding tert-OH is 1. The third-order valence-electron chi connectivity index (χ3n) is 6.59. The standard InChI is InChI=1S/C26H26Cl2N2O6/c27-18-4-2-16(14-19(18)28)23-22(24(31)17-3-5-20-21(15-17)36-13-12-35-20)25(32)26(33)30(23)7-1-6-29-8-10-34-11-9-29/h2-5,14-15,23,31H,1,6-13H2/t23-/m0/s1. The van der Waals surface area contributed by atoms with Gasteiger partial charge in [0.2, 0.25) is 0 Å². The number of amides is 1. The predicted molar refractivity (Wildman–Crippen MR) is 135 cm³/mol. The molecule has 2 saturated heterocycles. The Labute approximate surface area is 218 Å². The van der Waals surface area contributed by atoms with Crippen LogP contribution in [-0.4, -0.2) is 79.2 Å². The van der Waals surface area contributed by atoms with E-state index in [1.54, 1.807) is 36.4 Å². The molecule has 0 radical (unpaired) electrons. The summed E-state index contributed by atoms with van der Waals surface area (Å²) in [5.41, 5.74) is 0.950. The summed E-state index contributed by atoms with van der Waals surface area (Å²) in [5, 5.41) is 12.0. The lowest BCUT2D eigenvalue weighted by atomic mass is 9.95. The van der Waals surface area contributed by atoms with E-state index in [1.807, 2.05) is 0 Å². The van der Waals surface area contributed by atoms with Crippen LogP contribution >= 0.6 is 23.2 Å². The number of carbonyl (C=O) groups is 2. The van der Waals surface area contributed by atoms with E-state index < -0.39 is 17.7 Å². The normalized spacial score (nSPS) is 21.7. The van der Waals surface area contributed by atoms with Crippen molar-refractivity contribution in [1.82, 2.24) is 9.80 Å². The number of fused-ring (bicyclic) bond motifs is 1. The number of likely N-dealkylation sites (tertiary alicyclic amines) is 1. The van der Waals surface area contributed by atoms with Gasteiger partial charge in [0, 0.05) is 31.7 Å². The highest BCUT2D eigenvalue weighted by atomic mass is 35.5. The van der Waals surface area contributed by atoms with Gasteiger partial charge >= 0.3 is 0 Å². The minimum atomic E-state index is -0.808. The number of ketones is 1. The molecule has 0 saturated carbocycles. The number of halogens is 2. The van der Waals surface area contributed by atoms with E-state index in [0.29, 0.717) is 72.1 Å². The second-order valence-electron chi connectivity index (χ2n) is 8.83. The molecule has 0 unspecified atom stereocenters. The highest BCUT2D eigenvalue weighted by molar-refractivity contribution is 6.46. The number of hydrogen-bond acceptors (Lipinski definition) is 7. The average molecular weight is 533 g/mol. The summed E-state index contributed by atoms with van der Waals surface area (Å²) in [5.74, 6) is -0.660. The first-order chi connectivity index (χ1) is 17.4. The van der Waals surface area contributed by atoms with Crippen molar-refractivity contribution in [2.24, 2.45) is 0 Å². The molecule has 0 spiro atoms. The molecule has 5 rings (SSSR count). The minimum Gasteiger partial charge on any atom is -0.507 e. The molecule has 36 heavy (non-hydrogen) atoms. The number of ether oxygens (including phenoxy) is 3. The summed E-state index contributed by atoms with van der Waals surface area (Å²) >= 11 is 12.4. The van der Waals surface area contributed by atoms with Gasteiger partial charge in [0.15, 0.2) is 11.5 Å². The number of nitrogens with zero attached hydrogens (tertiary/aromatic N) is 2. The molecular weight excluding hydrogens is 507 g/mol. The maximum absolute atomic E-state index is 13.3. The van der Waals surface area contributed by atoms with Gasteiger partial charge in [0.25, 0.3) is 11.7 Å². The maximum atomic E-state index is 13.3. The molecule has 2 aromatic carbocycles. The van der Waals surface area contributed by atoms with Crippen molar-refractivity contribution >= 4 is 40.7 Å². The monoisotopic (exact) mass is 532 g/mol. The molecule has 0 aromatic heterocycles. The Balaban J connectivity index is 1.50. The third kappa shape index (κ3) is 4.91. The Morgan fingerprint density at radius 1 is 0.917 bits per heavy atom. The molecule has 0 bridgehead atoms. The Bertz CT molecular complexity index is 1210. The average Bonchev–Trinajstić information content (AvgIpc) is 3.15. The Hall–Kier alpha value is -2.78. The van der Waals surface area contributed by atoms with Crippen LogP contribution in [0, 0.1) is 0 Å². The number of carbonyl (C=O) groups excluding carboxylic acids is 2. The largest absolute Gasteiger partial charge is 0.507 e. The van der Waals surface area contributed by atoms with Gasteiger partial charge in [-0.15, -0.1) is 0 Å². The van der Waals surface area contributed by atoms with Crippen molar-refractivity contribution in [2.45, 2.75) is 12.5 Å². The number of benzene rings is 2. The summed E-state index contributed by atoms with van der Waals surface area (Å²) in [4.78, 5) is 30.2. The van der Waals surface area contributed by atoms with Crippen molar-refractivity contribution < 1.29 is 28.9 Å². The van der Waals surface area contributed by atoms with Gasteiger partial charge in [-0.25, -0.2) is 0 Å². The topological polar surface area (TPSA) is 88.5 Å². The van der Waals surface area contributed by atoms with Crippen LogP contribution < -0.4 is 9.47 Å². The summed E-state index contributed by atoms with van der Waals surface area (Å²) in [6, 6.07) is 9.09. The molecule has 8 nitrogen and oxygen atoms in total. The lowest BCUT2D eigenvalue weighted by Crippen LogP contribution is -2.38. The molecule has 3 heterocycles. The number of morpholine rings is 1. The minimum absolute atomic E-state index is 0.00133. The first-order valence-corrected chi connectivity index (χ1v) is 12.6. The molecule has 10 heteroatoms. The van der Waals surface area contributed by atoms with Gasteiger partial charge in [-0.1, -0.05) is 29.3 Å². The summed E-state index contributed by atoms with van der Waals surface area (Å²) in [6.45, 7) is 4.96. The SMILES string of the molecule is O=C1C(=O)N(CCCN2CCOCC2)[C@@H](c2ccc(Cl)c(Cl)c2)C1=C(O)c1ccc2c(c1)OCCO2. The Morgan fingerprint density at radius 2 is 1.67 bits per heavy atom. The fraction of sp³-hybridized carbons (Fsp3) is 0.385. The van der Waals surface area contributed by atoms with Crippen LogP contribution in [0.15, 0.2) is 42.0 Å². The van der Waals surface area contributed by atoms with Crippen LogP contribution in [0.1, 0.15) is 23.6 Å². The van der Waals surface area contributed by atoms with Crippen molar-refractivity contribution in [1.29, 1.82) is 0 Å². The van der Waals surface area contributed by atoms with Gasteiger partial charge in [-0.05, 0) is 42.3 Å². The van der Waals surface area contributed by atoms with Crippen LogP contribution in [0.2, 0.25) is 10.0 Å². The fourth-order valence-corrected chi connectivity index (χ4v) is 5.08. The van der Waals surface area contributed by atoms with Crippen LogP contribution in [0.5, 0.6) is 11.5 Å². The molecular formula is C26H26Cl2N2O6. The molecule has 2 aromatic rings. The third-order valence-corrected chi connectivity index (χ3v) is 7.33. The predicted octanol–water partition coefficient (Wildman–Crippen LogP) is 3.91. The fourth-order valence-electron chi connectivity index (χ4n) is 4.78. The number of Topliss-reactive ketones (excluding diaryl/α,β-unsaturated/α-hetero) is 1. The zero-order chi connectivity index (χ0) is 25.2. The van der Waals surface area contributed by atoms with E-state index in [4.69, 9.17) is 37.4 Å². The van der Waals surface area contributed by atoms with Gasteiger partial charge in [0.05, 0.1) is 34.9 Å². The van der Waals surface area contributed by atoms with Crippen molar-refractivity contribution in [3.63, 3.8) is 0 Å². The zero-order valence-corrected chi connectivity index (χ0v) is 21.1. The molecule has 0 aliphatic carbocycles. The van der Waals surface area contributed by atoms with Gasteiger partial charge < -0.3 is 24.2 Å². The zero-order valence-electron chi connectivity index (χ0n) is 19.5. The van der Waals surface area contributed by atoms with Crippen LogP contribution in [0.25, 0.3) is 5.76 Å². The maximum Gasteiger partial charge on any atom is 0.295 e. The first kappa shape index (κ1) is 24.9. The number of aliphatic hydroxyl groups is 1. The van der Waals surface area contributed by atoms with Crippen LogP contribution in [-0.2, 0) is 14.3 Å². The van der Waals surface area contributed by atoms with Crippen LogP contribution in [0.3, 0.4) is 0 Å². The lowest BCUT2D eigenvalue weighted by molar-refractivity contribution is -0.140. The second kappa shape index (κ2) is 10.7. The van der Waals surface area contributed by atoms with Gasteiger partial charge in [-0.2, -0.15) is 0 Å². The van der Waals surface area contributed by atoms with Crippen molar-refractivity contribution in [3.8, 4) is 11.5 Å². The second-order valence-corrected chi connectivity index (χ2v) is 9.65. The van der Waals surface area contributed by atoms with Crippen molar-refractivity contribution in [2.75, 3.05) is 52.6 Å². The van der Waals surface area contributed by atoms with Gasteiger partial charge in [-0.3, -0.25) is 14.5 Å². The Kier molecular flexibility index (Phi) is 7.39. The van der Waals surface area contributed by atoms with E-state index in [1.165, 1.54) is 4.90 Å². The highest BCUT2D eigenvalue weighted by Gasteiger charge is 2.46. The van der Waals surface area contributed by atoms with Crippen molar-refractivity contribution in [3.05, 3.63) is 63.1 Å². The van der Waals surface area contributed by atoms with E-state index in [-0.39, 0.29) is 11.3 Å². The van der Waals surface area contributed by atoms with E-state index in [2.05, 4.69) is 4.90 Å². The van der Waals surface area contributed by atoms with Gasteiger partial charge in [0.1, 0.15) is 19.0 Å². The summed E-state index contributed by atoms with van der Waals surface area (Å²) in [6.07, 6.45) is 0.662. The lowest BCUT2D eigenvalue weighted by Gasteiger charge is -2.29. The van der Waals surface area contributed by atoms with E-state index in [0.717, 1.165) is 19.6 Å². The molecule has 190 valence electrons. The number of rotatable bonds is 6. The molecule has 3 aliphatic heterocycles. The molecule has 1 atom stereocenters. The number of hydrogen-bond donors (Lipinski definition) is 1. The quantitative estimate of drug-likeness (QED) is 0.342. The Morgan fingerprint density at radius 3 is 2.42 bits per heavy atom. The molecule has 1 N–H and O–H groups in total. The van der Waals surface area contributed by atoms with E-state index in [9.17, 15) is 14.7 Å². The molecule has 3 aliphatic rings. The summed E-state index contributed by atoms with van der Waals surface area (Å²) < 4.78 is 16.6. The molecule has 2 fully saturated rings.